The standard InChI is InChI=1S/C15H17N3O2S/c19-14(17-12-5-10-1-2-11(6-12)16-10)13-8-21-15(18-13)9-3-4-20-7-9/h3-4,7-8,10-12,16H,1-2,5-6H2,(H,17,19). The third-order valence-electron chi connectivity index (χ3n) is 4.31. The van der Waals surface area contributed by atoms with Crippen LogP contribution in [0.25, 0.3) is 10.6 Å². The van der Waals surface area contributed by atoms with Gasteiger partial charge in [0.15, 0.2) is 0 Å². The number of rotatable bonds is 3. The number of carbonyl (C=O) groups is 1. The normalized spacial score (nSPS) is 27.7. The van der Waals surface area contributed by atoms with Gasteiger partial charge in [-0.05, 0) is 31.7 Å². The summed E-state index contributed by atoms with van der Waals surface area (Å²) in [5, 5.41) is 9.35. The zero-order valence-electron chi connectivity index (χ0n) is 11.5. The predicted octanol–water partition coefficient (Wildman–Crippen LogP) is 2.42. The number of aromatic nitrogens is 1. The summed E-state index contributed by atoms with van der Waals surface area (Å²) in [5.74, 6) is -0.0627. The zero-order valence-corrected chi connectivity index (χ0v) is 12.4. The molecule has 0 saturated carbocycles. The van der Waals surface area contributed by atoms with Crippen LogP contribution >= 0.6 is 11.3 Å². The molecule has 2 aromatic heterocycles. The molecule has 4 heterocycles. The Morgan fingerprint density at radius 1 is 1.38 bits per heavy atom. The van der Waals surface area contributed by atoms with Crippen LogP contribution in [0.4, 0.5) is 0 Å². The van der Waals surface area contributed by atoms with E-state index in [1.807, 2.05) is 11.4 Å². The SMILES string of the molecule is O=C(NC1CC2CCC(C1)N2)c1csc(-c2ccoc2)n1. The van der Waals surface area contributed by atoms with Crippen LogP contribution in [0.3, 0.4) is 0 Å². The molecule has 0 radical (unpaired) electrons. The Hall–Kier alpha value is -1.66. The Labute approximate surface area is 126 Å². The van der Waals surface area contributed by atoms with Gasteiger partial charge in [-0.25, -0.2) is 4.98 Å². The van der Waals surface area contributed by atoms with Crippen LogP contribution in [0.5, 0.6) is 0 Å². The fraction of sp³-hybridized carbons (Fsp3) is 0.467. The fourth-order valence-corrected chi connectivity index (χ4v) is 4.12. The predicted molar refractivity (Wildman–Crippen MR) is 80.2 cm³/mol. The Morgan fingerprint density at radius 3 is 2.90 bits per heavy atom. The van der Waals surface area contributed by atoms with E-state index in [9.17, 15) is 4.79 Å². The molecule has 2 N–H and O–H groups in total. The summed E-state index contributed by atoms with van der Waals surface area (Å²) in [6.07, 6.45) is 7.78. The number of furan rings is 1. The lowest BCUT2D eigenvalue weighted by Crippen LogP contribution is -2.48. The van der Waals surface area contributed by atoms with Crippen LogP contribution in [0.15, 0.2) is 28.4 Å². The lowest BCUT2D eigenvalue weighted by atomic mass is 10.00. The second kappa shape index (κ2) is 5.27. The van der Waals surface area contributed by atoms with Gasteiger partial charge in [-0.1, -0.05) is 0 Å². The van der Waals surface area contributed by atoms with Gasteiger partial charge in [-0.15, -0.1) is 11.3 Å². The highest BCUT2D eigenvalue weighted by atomic mass is 32.1. The first-order valence-corrected chi connectivity index (χ1v) is 8.21. The van der Waals surface area contributed by atoms with Gasteiger partial charge >= 0.3 is 0 Å². The molecule has 2 bridgehead atoms. The van der Waals surface area contributed by atoms with Gasteiger partial charge in [0.1, 0.15) is 17.0 Å². The van der Waals surface area contributed by atoms with E-state index in [-0.39, 0.29) is 11.9 Å². The Balaban J connectivity index is 1.43. The fourth-order valence-electron chi connectivity index (χ4n) is 3.33. The summed E-state index contributed by atoms with van der Waals surface area (Å²) < 4.78 is 5.05. The molecule has 2 aliphatic rings. The molecule has 5 nitrogen and oxygen atoms in total. The lowest BCUT2D eigenvalue weighted by molar-refractivity contribution is 0.0919. The van der Waals surface area contributed by atoms with Crippen molar-refractivity contribution in [1.82, 2.24) is 15.6 Å². The number of nitrogens with zero attached hydrogens (tertiary/aromatic N) is 1. The summed E-state index contributed by atoms with van der Waals surface area (Å²) in [5.41, 5.74) is 1.42. The van der Waals surface area contributed by atoms with Gasteiger partial charge in [0.05, 0.1) is 6.26 Å². The molecule has 2 aromatic rings. The zero-order chi connectivity index (χ0) is 14.2. The molecular formula is C15H17N3O2S. The smallest absolute Gasteiger partial charge is 0.270 e. The molecule has 21 heavy (non-hydrogen) atoms. The third kappa shape index (κ3) is 2.61. The third-order valence-corrected chi connectivity index (χ3v) is 5.20. The maximum Gasteiger partial charge on any atom is 0.270 e. The molecule has 2 aliphatic heterocycles. The first-order valence-electron chi connectivity index (χ1n) is 7.33. The second-order valence-electron chi connectivity index (χ2n) is 5.83. The monoisotopic (exact) mass is 303 g/mol. The van der Waals surface area contributed by atoms with Crippen LogP contribution in [0.1, 0.15) is 36.2 Å². The minimum Gasteiger partial charge on any atom is -0.472 e. The van der Waals surface area contributed by atoms with Crippen LogP contribution in [-0.4, -0.2) is 29.0 Å². The van der Waals surface area contributed by atoms with Gasteiger partial charge in [-0.2, -0.15) is 0 Å². The Bertz CT molecular complexity index is 625. The molecule has 110 valence electrons. The number of piperidine rings is 1. The van der Waals surface area contributed by atoms with E-state index in [2.05, 4.69) is 15.6 Å². The molecule has 2 saturated heterocycles. The van der Waals surface area contributed by atoms with Crippen molar-refractivity contribution in [3.8, 4) is 10.6 Å². The lowest BCUT2D eigenvalue weighted by Gasteiger charge is -2.29. The van der Waals surface area contributed by atoms with E-state index in [0.717, 1.165) is 23.4 Å². The van der Waals surface area contributed by atoms with E-state index >= 15 is 0 Å². The first-order chi connectivity index (χ1) is 10.3. The number of hydrogen-bond donors (Lipinski definition) is 2. The van der Waals surface area contributed by atoms with Crippen LogP contribution in [0.2, 0.25) is 0 Å². The number of nitrogens with one attached hydrogen (secondary N) is 2. The van der Waals surface area contributed by atoms with E-state index in [0.29, 0.717) is 17.8 Å². The highest BCUT2D eigenvalue weighted by Gasteiger charge is 2.34. The molecule has 2 unspecified atom stereocenters. The molecule has 6 heteroatoms. The van der Waals surface area contributed by atoms with Crippen molar-refractivity contribution >= 4 is 17.2 Å². The highest BCUT2D eigenvalue weighted by Crippen LogP contribution is 2.27. The van der Waals surface area contributed by atoms with Crippen molar-refractivity contribution in [3.05, 3.63) is 29.7 Å². The van der Waals surface area contributed by atoms with Crippen molar-refractivity contribution in [2.45, 2.75) is 43.8 Å². The van der Waals surface area contributed by atoms with E-state index in [1.54, 1.807) is 12.5 Å². The van der Waals surface area contributed by atoms with Gasteiger partial charge in [0, 0.05) is 29.1 Å². The highest BCUT2D eigenvalue weighted by molar-refractivity contribution is 7.13. The molecule has 0 spiro atoms. The second-order valence-corrected chi connectivity index (χ2v) is 6.69. The first kappa shape index (κ1) is 13.0. The maximum absolute atomic E-state index is 12.3. The summed E-state index contributed by atoms with van der Waals surface area (Å²) in [7, 11) is 0. The molecule has 1 amide bonds. The van der Waals surface area contributed by atoms with Gasteiger partial charge in [0.25, 0.3) is 5.91 Å². The quantitative estimate of drug-likeness (QED) is 0.914. The summed E-state index contributed by atoms with van der Waals surface area (Å²) in [6.45, 7) is 0. The number of carbonyl (C=O) groups excluding carboxylic acids is 1. The topological polar surface area (TPSA) is 67.2 Å². The molecule has 2 atom stereocenters. The van der Waals surface area contributed by atoms with Crippen molar-refractivity contribution in [1.29, 1.82) is 0 Å². The molecule has 0 aliphatic carbocycles. The van der Waals surface area contributed by atoms with Crippen LogP contribution in [0, 0.1) is 0 Å². The summed E-state index contributed by atoms with van der Waals surface area (Å²) >= 11 is 1.47. The molecule has 2 fully saturated rings. The molecule has 4 rings (SSSR count). The number of hydrogen-bond acceptors (Lipinski definition) is 5. The van der Waals surface area contributed by atoms with Crippen molar-refractivity contribution in [2.75, 3.05) is 0 Å². The van der Waals surface area contributed by atoms with E-state index < -0.39 is 0 Å². The van der Waals surface area contributed by atoms with Crippen LogP contribution in [-0.2, 0) is 0 Å². The minimum atomic E-state index is -0.0627. The molecule has 0 aromatic carbocycles. The Morgan fingerprint density at radius 2 is 2.19 bits per heavy atom. The van der Waals surface area contributed by atoms with Crippen molar-refractivity contribution in [3.63, 3.8) is 0 Å². The summed E-state index contributed by atoms with van der Waals surface area (Å²) in [4.78, 5) is 16.7. The summed E-state index contributed by atoms with van der Waals surface area (Å²) in [6, 6.07) is 3.28. The van der Waals surface area contributed by atoms with Gasteiger partial charge in [0.2, 0.25) is 0 Å². The van der Waals surface area contributed by atoms with Crippen molar-refractivity contribution < 1.29 is 9.21 Å². The Kier molecular flexibility index (Phi) is 3.27. The van der Waals surface area contributed by atoms with Crippen LogP contribution < -0.4 is 10.6 Å². The number of amides is 1. The van der Waals surface area contributed by atoms with E-state index in [1.165, 1.54) is 24.2 Å². The van der Waals surface area contributed by atoms with Gasteiger partial charge < -0.3 is 15.1 Å². The largest absolute Gasteiger partial charge is 0.472 e. The molecular weight excluding hydrogens is 286 g/mol. The average molecular weight is 303 g/mol. The van der Waals surface area contributed by atoms with Crippen molar-refractivity contribution in [2.24, 2.45) is 0 Å². The van der Waals surface area contributed by atoms with Gasteiger partial charge in [-0.3, -0.25) is 4.79 Å². The average Bonchev–Trinajstić information content (AvgIpc) is 3.18. The van der Waals surface area contributed by atoms with E-state index in [4.69, 9.17) is 4.42 Å². The minimum absolute atomic E-state index is 0.0627. The number of fused-ring (bicyclic) bond motifs is 2. The maximum atomic E-state index is 12.3. The number of thiazole rings is 1.